The summed E-state index contributed by atoms with van der Waals surface area (Å²) in [6.07, 6.45) is 4.61. The number of anilines is 1. The van der Waals surface area contributed by atoms with Crippen LogP contribution in [0.1, 0.15) is 0 Å². The average molecular weight is 248 g/mol. The topological polar surface area (TPSA) is 94.9 Å². The van der Waals surface area contributed by atoms with Crippen LogP contribution in [0.4, 0.5) is 11.4 Å². The van der Waals surface area contributed by atoms with Crippen LogP contribution < -0.4 is 5.73 Å². The van der Waals surface area contributed by atoms with Gasteiger partial charge in [0.1, 0.15) is 10.7 Å². The van der Waals surface area contributed by atoms with E-state index < -0.39 is 4.92 Å². The minimum atomic E-state index is -0.492. The molecule has 0 aliphatic carbocycles. The smallest absolute Gasteiger partial charge is 0.305 e. The number of hydrogen-bond donors (Lipinski definition) is 1. The molecular formula is C10H8N4O2S. The molecule has 1 heterocycles. The first-order valence-corrected chi connectivity index (χ1v) is 5.47. The molecule has 6 nitrogen and oxygen atoms in total. The van der Waals surface area contributed by atoms with Crippen LogP contribution in [0.5, 0.6) is 0 Å². The highest BCUT2D eigenvalue weighted by molar-refractivity contribution is 7.99. The van der Waals surface area contributed by atoms with Crippen LogP contribution in [-0.2, 0) is 0 Å². The monoisotopic (exact) mass is 248 g/mol. The van der Waals surface area contributed by atoms with E-state index in [1.54, 1.807) is 12.1 Å². The SMILES string of the molecule is Nc1cccc(Sc2cnccn2)c1[N+](=O)[O-]. The minimum Gasteiger partial charge on any atom is -0.393 e. The van der Waals surface area contributed by atoms with E-state index in [-0.39, 0.29) is 11.4 Å². The number of nitrogens with two attached hydrogens (primary N) is 1. The highest BCUT2D eigenvalue weighted by Crippen LogP contribution is 2.36. The number of hydrogen-bond acceptors (Lipinski definition) is 6. The largest absolute Gasteiger partial charge is 0.393 e. The van der Waals surface area contributed by atoms with E-state index in [2.05, 4.69) is 9.97 Å². The van der Waals surface area contributed by atoms with Crippen molar-refractivity contribution in [2.45, 2.75) is 9.92 Å². The van der Waals surface area contributed by atoms with Gasteiger partial charge in [0.05, 0.1) is 16.0 Å². The van der Waals surface area contributed by atoms with Crippen molar-refractivity contribution in [1.29, 1.82) is 0 Å². The van der Waals surface area contributed by atoms with Gasteiger partial charge in [-0.25, -0.2) is 4.98 Å². The van der Waals surface area contributed by atoms with Crippen LogP contribution in [0.15, 0.2) is 46.7 Å². The Morgan fingerprint density at radius 3 is 2.82 bits per heavy atom. The molecule has 17 heavy (non-hydrogen) atoms. The maximum absolute atomic E-state index is 10.9. The number of nitrogen functional groups attached to an aromatic ring is 1. The predicted molar refractivity (Wildman–Crippen MR) is 63.7 cm³/mol. The minimum absolute atomic E-state index is 0.0943. The summed E-state index contributed by atoms with van der Waals surface area (Å²) in [5, 5.41) is 11.5. The van der Waals surface area contributed by atoms with Gasteiger partial charge in [0.2, 0.25) is 0 Å². The van der Waals surface area contributed by atoms with Crippen molar-refractivity contribution in [3.05, 3.63) is 46.9 Å². The van der Waals surface area contributed by atoms with Crippen LogP contribution in [0.2, 0.25) is 0 Å². The highest BCUT2D eigenvalue weighted by atomic mass is 32.2. The summed E-state index contributed by atoms with van der Waals surface area (Å²) < 4.78 is 0. The average Bonchev–Trinajstić information content (AvgIpc) is 2.30. The van der Waals surface area contributed by atoms with E-state index in [1.165, 1.54) is 24.7 Å². The lowest BCUT2D eigenvalue weighted by Crippen LogP contribution is -1.97. The van der Waals surface area contributed by atoms with Crippen molar-refractivity contribution in [1.82, 2.24) is 9.97 Å². The van der Waals surface area contributed by atoms with E-state index in [9.17, 15) is 10.1 Å². The fourth-order valence-corrected chi connectivity index (χ4v) is 2.16. The molecular weight excluding hydrogens is 240 g/mol. The van der Waals surface area contributed by atoms with Gasteiger partial charge in [-0.05, 0) is 12.1 Å². The molecule has 0 radical (unpaired) electrons. The third kappa shape index (κ3) is 2.51. The zero-order valence-corrected chi connectivity index (χ0v) is 9.42. The van der Waals surface area contributed by atoms with Crippen LogP contribution in [0.3, 0.4) is 0 Å². The number of benzene rings is 1. The first-order valence-electron chi connectivity index (χ1n) is 4.65. The molecule has 7 heteroatoms. The molecule has 0 atom stereocenters. The first-order chi connectivity index (χ1) is 8.18. The number of nitrogens with zero attached hydrogens (tertiary/aromatic N) is 3. The molecule has 0 unspecified atom stereocenters. The molecule has 0 fully saturated rings. The van der Waals surface area contributed by atoms with E-state index in [4.69, 9.17) is 5.73 Å². The number of rotatable bonds is 3. The van der Waals surface area contributed by atoms with Crippen molar-refractivity contribution in [3.8, 4) is 0 Å². The fraction of sp³-hybridized carbons (Fsp3) is 0. The summed E-state index contributed by atoms with van der Waals surface area (Å²) in [7, 11) is 0. The van der Waals surface area contributed by atoms with Gasteiger partial charge in [0.25, 0.3) is 0 Å². The molecule has 0 saturated carbocycles. The molecule has 2 N–H and O–H groups in total. The Labute approximate surface area is 101 Å². The van der Waals surface area contributed by atoms with Gasteiger partial charge in [0, 0.05) is 12.4 Å². The van der Waals surface area contributed by atoms with Gasteiger partial charge in [-0.1, -0.05) is 17.8 Å². The summed E-state index contributed by atoms with van der Waals surface area (Å²) >= 11 is 1.16. The van der Waals surface area contributed by atoms with Crippen LogP contribution in [-0.4, -0.2) is 14.9 Å². The molecule has 0 spiro atoms. The van der Waals surface area contributed by atoms with E-state index >= 15 is 0 Å². The Morgan fingerprint density at radius 2 is 2.18 bits per heavy atom. The van der Waals surface area contributed by atoms with Crippen molar-refractivity contribution >= 4 is 23.1 Å². The second-order valence-electron chi connectivity index (χ2n) is 3.10. The molecule has 0 amide bonds. The fourth-order valence-electron chi connectivity index (χ4n) is 1.27. The Kier molecular flexibility index (Phi) is 3.20. The Morgan fingerprint density at radius 1 is 1.35 bits per heavy atom. The van der Waals surface area contributed by atoms with E-state index in [1.807, 2.05) is 0 Å². The Hall–Kier alpha value is -2.15. The second-order valence-corrected chi connectivity index (χ2v) is 4.16. The third-order valence-corrected chi connectivity index (χ3v) is 2.94. The quantitative estimate of drug-likeness (QED) is 0.508. The lowest BCUT2D eigenvalue weighted by atomic mass is 10.3. The second kappa shape index (κ2) is 4.79. The van der Waals surface area contributed by atoms with E-state index in [0.717, 1.165) is 11.8 Å². The number of nitro groups is 1. The van der Waals surface area contributed by atoms with Crippen molar-refractivity contribution < 1.29 is 4.92 Å². The normalized spacial score (nSPS) is 10.1. The van der Waals surface area contributed by atoms with Crippen molar-refractivity contribution in [2.75, 3.05) is 5.73 Å². The van der Waals surface area contributed by atoms with Crippen LogP contribution in [0, 0.1) is 10.1 Å². The maximum atomic E-state index is 10.9. The number of aromatic nitrogens is 2. The summed E-state index contributed by atoms with van der Waals surface area (Å²) in [5.41, 5.74) is 5.63. The van der Waals surface area contributed by atoms with Gasteiger partial charge in [-0.3, -0.25) is 15.1 Å². The van der Waals surface area contributed by atoms with Gasteiger partial charge >= 0.3 is 5.69 Å². The molecule has 0 aliphatic rings. The summed E-state index contributed by atoms with van der Waals surface area (Å²) in [6.45, 7) is 0. The third-order valence-electron chi connectivity index (χ3n) is 1.97. The highest BCUT2D eigenvalue weighted by Gasteiger charge is 2.18. The summed E-state index contributed by atoms with van der Waals surface area (Å²) in [6, 6.07) is 4.80. The first kappa shape index (κ1) is 11.3. The van der Waals surface area contributed by atoms with Crippen LogP contribution in [0.25, 0.3) is 0 Å². The molecule has 0 bridgehead atoms. The summed E-state index contributed by atoms with van der Waals surface area (Å²) in [4.78, 5) is 18.8. The zero-order valence-electron chi connectivity index (χ0n) is 8.61. The van der Waals surface area contributed by atoms with Gasteiger partial charge in [-0.15, -0.1) is 0 Å². The number of nitro benzene ring substituents is 1. The van der Waals surface area contributed by atoms with Crippen molar-refractivity contribution in [2.24, 2.45) is 0 Å². The van der Waals surface area contributed by atoms with Crippen molar-refractivity contribution in [3.63, 3.8) is 0 Å². The van der Waals surface area contributed by atoms with Gasteiger partial charge in [0.15, 0.2) is 0 Å². The molecule has 1 aromatic carbocycles. The molecule has 1 aromatic heterocycles. The maximum Gasteiger partial charge on any atom is 0.305 e. The molecule has 0 saturated heterocycles. The molecule has 86 valence electrons. The molecule has 2 aromatic rings. The predicted octanol–water partition coefficient (Wildman–Crippen LogP) is 2.12. The molecule has 2 rings (SSSR count). The Balaban J connectivity index is 2.40. The zero-order chi connectivity index (χ0) is 12.3. The van der Waals surface area contributed by atoms with Gasteiger partial charge < -0.3 is 5.73 Å². The number of para-hydroxylation sites is 1. The van der Waals surface area contributed by atoms with Crippen LogP contribution >= 0.6 is 11.8 Å². The lowest BCUT2D eigenvalue weighted by Gasteiger charge is -2.03. The standard InChI is InChI=1S/C10H8N4O2S/c11-7-2-1-3-8(10(7)14(15)16)17-9-6-12-4-5-13-9/h1-6H,11H2. The lowest BCUT2D eigenvalue weighted by molar-refractivity contribution is -0.386. The Bertz CT molecular complexity index is 547. The van der Waals surface area contributed by atoms with Gasteiger partial charge in [-0.2, -0.15) is 0 Å². The summed E-state index contributed by atoms with van der Waals surface area (Å²) in [5.74, 6) is 0. The van der Waals surface area contributed by atoms with E-state index in [0.29, 0.717) is 9.92 Å². The molecule has 0 aliphatic heterocycles.